The molecule has 9 heteroatoms. The molecule has 1 saturated heterocycles. The van der Waals surface area contributed by atoms with E-state index in [9.17, 15) is 18.7 Å². The molecule has 0 radical (unpaired) electrons. The summed E-state index contributed by atoms with van der Waals surface area (Å²) in [6, 6.07) is 0. The molecule has 0 spiro atoms. The van der Waals surface area contributed by atoms with Crippen LogP contribution in [0.4, 0.5) is 14.6 Å². The van der Waals surface area contributed by atoms with Crippen LogP contribution in [0.25, 0.3) is 0 Å². The van der Waals surface area contributed by atoms with E-state index in [1.54, 1.807) is 5.92 Å². The number of nitrogens with two attached hydrogens (primary N) is 1. The van der Waals surface area contributed by atoms with Crippen LogP contribution in [0.2, 0.25) is 0 Å². The number of hydrogen-bond acceptors (Lipinski definition) is 6. The van der Waals surface area contributed by atoms with Crippen LogP contribution in [-0.4, -0.2) is 44.2 Å². The van der Waals surface area contributed by atoms with Gasteiger partial charge in [-0.1, -0.05) is 5.92 Å². The topological polar surface area (TPSA) is 111 Å². The Hall–Kier alpha value is -2.02. The van der Waals surface area contributed by atoms with E-state index in [0.717, 1.165) is 0 Å². The zero-order valence-electron chi connectivity index (χ0n) is 10.0. The van der Waals surface area contributed by atoms with Gasteiger partial charge in [-0.05, 0) is 0 Å². The summed E-state index contributed by atoms with van der Waals surface area (Å²) >= 11 is 0. The van der Waals surface area contributed by atoms with E-state index in [2.05, 4.69) is 4.98 Å². The zero-order chi connectivity index (χ0) is 15.1. The van der Waals surface area contributed by atoms with Crippen molar-refractivity contribution in [1.29, 1.82) is 0 Å². The lowest BCUT2D eigenvalue weighted by Crippen LogP contribution is -2.44. The molecular formula is C11H11F2N3O4. The number of aliphatic hydroxyl groups excluding tert-OH is 2. The number of terminal acetylenes is 1. The number of aliphatic hydroxyl groups is 2. The van der Waals surface area contributed by atoms with Crippen LogP contribution in [-0.2, 0) is 4.74 Å². The van der Waals surface area contributed by atoms with Gasteiger partial charge < -0.3 is 20.7 Å². The number of halogens is 2. The highest BCUT2D eigenvalue weighted by atomic mass is 19.1. The van der Waals surface area contributed by atoms with Gasteiger partial charge in [0.1, 0.15) is 12.2 Å². The van der Waals surface area contributed by atoms with Crippen molar-refractivity contribution in [3.63, 3.8) is 0 Å². The van der Waals surface area contributed by atoms with Crippen LogP contribution in [0.1, 0.15) is 6.23 Å². The molecule has 7 nitrogen and oxygen atoms in total. The lowest BCUT2D eigenvalue weighted by molar-refractivity contribution is -0.0546. The zero-order valence-corrected chi connectivity index (χ0v) is 10.0. The molecule has 108 valence electrons. The molecule has 1 aliphatic heterocycles. The number of nitrogen functional groups attached to an aromatic ring is 1. The van der Waals surface area contributed by atoms with Gasteiger partial charge in [0.25, 0.3) is 0 Å². The highest BCUT2D eigenvalue weighted by Crippen LogP contribution is 2.40. The largest absolute Gasteiger partial charge is 0.394 e. The fourth-order valence-electron chi connectivity index (χ4n) is 1.95. The van der Waals surface area contributed by atoms with Crippen molar-refractivity contribution in [1.82, 2.24) is 9.55 Å². The van der Waals surface area contributed by atoms with E-state index in [-0.39, 0.29) is 0 Å². The summed E-state index contributed by atoms with van der Waals surface area (Å²) in [6.45, 7) is -0.731. The Morgan fingerprint density at radius 2 is 2.35 bits per heavy atom. The Morgan fingerprint density at radius 3 is 2.90 bits per heavy atom. The fourth-order valence-corrected chi connectivity index (χ4v) is 1.95. The van der Waals surface area contributed by atoms with Gasteiger partial charge >= 0.3 is 5.69 Å². The van der Waals surface area contributed by atoms with E-state index in [4.69, 9.17) is 22.0 Å². The molecule has 1 fully saturated rings. The molecule has 0 bridgehead atoms. The monoisotopic (exact) mass is 287 g/mol. The summed E-state index contributed by atoms with van der Waals surface area (Å²) < 4.78 is 33.4. The van der Waals surface area contributed by atoms with E-state index in [1.165, 1.54) is 0 Å². The van der Waals surface area contributed by atoms with Crippen LogP contribution < -0.4 is 11.4 Å². The van der Waals surface area contributed by atoms with E-state index < -0.39 is 48.0 Å². The molecule has 20 heavy (non-hydrogen) atoms. The molecular weight excluding hydrogens is 276 g/mol. The van der Waals surface area contributed by atoms with Gasteiger partial charge in [-0.15, -0.1) is 6.42 Å². The second-order valence-corrected chi connectivity index (χ2v) is 4.23. The summed E-state index contributed by atoms with van der Waals surface area (Å²) in [5.41, 5.74) is 1.19. The second kappa shape index (κ2) is 4.82. The molecule has 0 saturated carbocycles. The highest BCUT2D eigenvalue weighted by molar-refractivity contribution is 5.27. The first-order chi connectivity index (χ1) is 9.35. The Bertz CT molecular complexity index is 629. The second-order valence-electron chi connectivity index (χ2n) is 4.23. The van der Waals surface area contributed by atoms with Crippen LogP contribution >= 0.6 is 0 Å². The van der Waals surface area contributed by atoms with Gasteiger partial charge in [0, 0.05) is 0 Å². The summed E-state index contributed by atoms with van der Waals surface area (Å²) in [6.07, 6.45) is 0.540. The third kappa shape index (κ3) is 1.94. The average Bonchev–Trinajstić information content (AvgIpc) is 2.67. The number of rotatable bonds is 2. The minimum absolute atomic E-state index is 0.449. The molecule has 0 aromatic carbocycles. The van der Waals surface area contributed by atoms with Crippen LogP contribution in [0.3, 0.4) is 0 Å². The standard InChI is InChI=1S/C11H11F2N3O4/c1-2-11(13)7(18)6(4-17)20-9(11)16-3-5(12)8(14)15-10(16)19/h1,3,6-7,9,17-18H,4H2,(H2,14,15,19)/t6-,7?,9-,11-/m1/s1. The number of aromatic nitrogens is 2. The molecule has 4 N–H and O–H groups in total. The van der Waals surface area contributed by atoms with Crippen molar-refractivity contribution in [2.24, 2.45) is 0 Å². The first kappa shape index (κ1) is 14.4. The van der Waals surface area contributed by atoms with Gasteiger partial charge in [0.15, 0.2) is 17.9 Å². The smallest absolute Gasteiger partial charge is 0.351 e. The molecule has 4 atom stereocenters. The van der Waals surface area contributed by atoms with Crippen molar-refractivity contribution < 1.29 is 23.7 Å². The lowest BCUT2D eigenvalue weighted by Gasteiger charge is -2.23. The Labute approximate surface area is 111 Å². The number of anilines is 1. The summed E-state index contributed by atoms with van der Waals surface area (Å²) in [4.78, 5) is 14.8. The summed E-state index contributed by atoms with van der Waals surface area (Å²) in [7, 11) is 0. The van der Waals surface area contributed by atoms with Crippen molar-refractivity contribution in [2.45, 2.75) is 24.1 Å². The summed E-state index contributed by atoms with van der Waals surface area (Å²) in [5, 5.41) is 18.7. The van der Waals surface area contributed by atoms with E-state index in [0.29, 0.717) is 10.8 Å². The molecule has 1 aromatic heterocycles. The maximum atomic E-state index is 14.6. The Morgan fingerprint density at radius 1 is 1.70 bits per heavy atom. The molecule has 0 amide bonds. The number of nitrogens with zero attached hydrogens (tertiary/aromatic N) is 2. The van der Waals surface area contributed by atoms with Crippen LogP contribution in [0.15, 0.2) is 11.0 Å². The quantitative estimate of drug-likeness (QED) is 0.574. The molecule has 0 aliphatic carbocycles. The van der Waals surface area contributed by atoms with Gasteiger partial charge in [0.05, 0.1) is 12.8 Å². The van der Waals surface area contributed by atoms with E-state index >= 15 is 0 Å². The maximum Gasteiger partial charge on any atom is 0.351 e. The van der Waals surface area contributed by atoms with Crippen molar-refractivity contribution in [3.05, 3.63) is 22.5 Å². The number of alkyl halides is 1. The van der Waals surface area contributed by atoms with Crippen molar-refractivity contribution in [2.75, 3.05) is 12.3 Å². The highest BCUT2D eigenvalue weighted by Gasteiger charge is 2.57. The van der Waals surface area contributed by atoms with Crippen molar-refractivity contribution in [3.8, 4) is 12.3 Å². The first-order valence-electron chi connectivity index (χ1n) is 5.50. The Balaban J connectivity index is 2.55. The average molecular weight is 287 g/mol. The van der Waals surface area contributed by atoms with Crippen LogP contribution in [0, 0.1) is 18.2 Å². The fraction of sp³-hybridized carbons (Fsp3) is 0.455. The van der Waals surface area contributed by atoms with Gasteiger partial charge in [-0.25, -0.2) is 13.6 Å². The van der Waals surface area contributed by atoms with Crippen LogP contribution in [0.5, 0.6) is 0 Å². The molecule has 1 aromatic rings. The third-order valence-electron chi connectivity index (χ3n) is 3.03. The predicted octanol–water partition coefficient (Wildman–Crippen LogP) is -1.44. The number of hydrogen-bond donors (Lipinski definition) is 3. The molecule has 1 unspecified atom stereocenters. The molecule has 2 heterocycles. The minimum atomic E-state index is -2.82. The summed E-state index contributed by atoms with van der Waals surface area (Å²) in [5.74, 6) is -0.0629. The van der Waals surface area contributed by atoms with E-state index in [1.807, 2.05) is 0 Å². The lowest BCUT2D eigenvalue weighted by atomic mass is 9.97. The molecule has 1 aliphatic rings. The Kier molecular flexibility index (Phi) is 3.47. The van der Waals surface area contributed by atoms with Gasteiger partial charge in [0.2, 0.25) is 5.67 Å². The third-order valence-corrected chi connectivity index (χ3v) is 3.03. The normalized spacial score (nSPS) is 33.0. The SMILES string of the molecule is C#C[C@@]1(F)C(O)[C@@H](CO)O[C@H]1n1cc(F)c(N)nc1=O. The minimum Gasteiger partial charge on any atom is -0.394 e. The van der Waals surface area contributed by atoms with Gasteiger partial charge in [-0.2, -0.15) is 4.98 Å². The maximum absolute atomic E-state index is 14.6. The predicted molar refractivity (Wildman–Crippen MR) is 62.5 cm³/mol. The number of ether oxygens (including phenoxy) is 1. The molecule has 2 rings (SSSR count). The first-order valence-corrected chi connectivity index (χ1v) is 5.50. The van der Waals surface area contributed by atoms with Gasteiger partial charge in [-0.3, -0.25) is 4.57 Å². The van der Waals surface area contributed by atoms with Crippen molar-refractivity contribution >= 4 is 5.82 Å².